The third-order valence-corrected chi connectivity index (χ3v) is 1.42. The molecule has 2 atom stereocenters. The highest BCUT2D eigenvalue weighted by Crippen LogP contribution is 2.18. The molecule has 0 fully saturated rings. The summed E-state index contributed by atoms with van der Waals surface area (Å²) in [5.74, 6) is -3.52. The number of alkyl halides is 3. The number of halogens is 3. The van der Waals surface area contributed by atoms with Crippen LogP contribution in [0.15, 0.2) is 0 Å². The average molecular weight is 244 g/mol. The minimum atomic E-state index is -5.23. The van der Waals surface area contributed by atoms with E-state index in [1.807, 2.05) is 0 Å². The van der Waals surface area contributed by atoms with Gasteiger partial charge in [0.1, 0.15) is 0 Å². The van der Waals surface area contributed by atoms with E-state index in [1.54, 1.807) is 0 Å². The van der Waals surface area contributed by atoms with Crippen LogP contribution in [0.2, 0.25) is 0 Å². The van der Waals surface area contributed by atoms with Crippen molar-refractivity contribution >= 4 is 11.8 Å². The topological polar surface area (TPSA) is 105 Å². The van der Waals surface area contributed by atoms with Gasteiger partial charge in [0.25, 0.3) is 0 Å². The summed E-state index contributed by atoms with van der Waals surface area (Å²) in [6, 6.07) is -1.07. The second-order valence-electron chi connectivity index (χ2n) is 3.21. The van der Waals surface area contributed by atoms with Gasteiger partial charge in [-0.25, -0.2) is 4.79 Å². The zero-order chi connectivity index (χ0) is 13.1. The molecule has 0 saturated carbocycles. The standard InChI is InChI=1S/C7H11F3N2O4/c1-3(11)4(13)6(2,12)16-15-5(14)7(8,9)10/h3H,11-12H2,1-2H3. The lowest BCUT2D eigenvalue weighted by Crippen LogP contribution is -2.54. The van der Waals surface area contributed by atoms with Gasteiger partial charge < -0.3 is 5.73 Å². The van der Waals surface area contributed by atoms with E-state index < -0.39 is 29.7 Å². The lowest BCUT2D eigenvalue weighted by Gasteiger charge is -2.22. The normalized spacial score (nSPS) is 17.4. The Bertz CT molecular complexity index is 288. The number of nitrogens with two attached hydrogens (primary N) is 2. The van der Waals surface area contributed by atoms with Crippen molar-refractivity contribution in [3.05, 3.63) is 0 Å². The van der Waals surface area contributed by atoms with Gasteiger partial charge in [-0.2, -0.15) is 18.1 Å². The van der Waals surface area contributed by atoms with Gasteiger partial charge in [-0.1, -0.05) is 0 Å². The average Bonchev–Trinajstić information content (AvgIpc) is 2.11. The van der Waals surface area contributed by atoms with Gasteiger partial charge in [0.15, 0.2) is 5.78 Å². The molecular weight excluding hydrogens is 233 g/mol. The van der Waals surface area contributed by atoms with Crippen molar-refractivity contribution in [3.8, 4) is 0 Å². The van der Waals surface area contributed by atoms with Crippen molar-refractivity contribution in [3.63, 3.8) is 0 Å². The molecule has 0 amide bonds. The van der Waals surface area contributed by atoms with Crippen LogP contribution in [0.25, 0.3) is 0 Å². The Balaban J connectivity index is 4.41. The highest BCUT2D eigenvalue weighted by Gasteiger charge is 2.44. The molecule has 0 radical (unpaired) electrons. The van der Waals surface area contributed by atoms with E-state index >= 15 is 0 Å². The fourth-order valence-corrected chi connectivity index (χ4v) is 0.665. The molecule has 0 aliphatic heterocycles. The summed E-state index contributed by atoms with van der Waals surface area (Å²) in [7, 11) is 0. The summed E-state index contributed by atoms with van der Waals surface area (Å²) < 4.78 is 35.0. The van der Waals surface area contributed by atoms with Gasteiger partial charge >= 0.3 is 12.1 Å². The van der Waals surface area contributed by atoms with Gasteiger partial charge in [-0.15, -0.1) is 0 Å². The minimum Gasteiger partial charge on any atom is -0.322 e. The Hall–Kier alpha value is -1.19. The Kier molecular flexibility index (Phi) is 4.41. The van der Waals surface area contributed by atoms with E-state index in [9.17, 15) is 22.8 Å². The lowest BCUT2D eigenvalue weighted by molar-refractivity contribution is -0.337. The quantitative estimate of drug-likeness (QED) is 0.396. The maximum atomic E-state index is 11.7. The van der Waals surface area contributed by atoms with Crippen LogP contribution in [0.4, 0.5) is 13.2 Å². The Morgan fingerprint density at radius 3 is 2.06 bits per heavy atom. The smallest absolute Gasteiger partial charge is 0.322 e. The molecule has 0 heterocycles. The highest BCUT2D eigenvalue weighted by atomic mass is 19.4. The summed E-state index contributed by atoms with van der Waals surface area (Å²) in [6.45, 7) is 2.17. The summed E-state index contributed by atoms with van der Waals surface area (Å²) >= 11 is 0. The molecule has 94 valence electrons. The number of Topliss-reactive ketones (excluding diaryl/α,β-unsaturated/α-hetero) is 1. The molecule has 2 unspecified atom stereocenters. The lowest BCUT2D eigenvalue weighted by atomic mass is 10.1. The summed E-state index contributed by atoms with van der Waals surface area (Å²) in [5, 5.41) is 0. The third-order valence-electron chi connectivity index (χ3n) is 1.42. The zero-order valence-corrected chi connectivity index (χ0v) is 8.50. The molecule has 6 nitrogen and oxygen atoms in total. The minimum absolute atomic E-state index is 0.914. The number of hydrogen-bond donors (Lipinski definition) is 2. The van der Waals surface area contributed by atoms with Crippen molar-refractivity contribution in [2.45, 2.75) is 31.8 Å². The number of rotatable bonds is 4. The molecule has 0 spiro atoms. The van der Waals surface area contributed by atoms with Gasteiger partial charge in [-0.3, -0.25) is 15.4 Å². The summed E-state index contributed by atoms with van der Waals surface area (Å²) in [6.07, 6.45) is -5.23. The molecule has 0 aromatic heterocycles. The van der Waals surface area contributed by atoms with Crippen LogP contribution in [0.5, 0.6) is 0 Å². The molecule has 9 heteroatoms. The van der Waals surface area contributed by atoms with Crippen LogP contribution < -0.4 is 11.5 Å². The van der Waals surface area contributed by atoms with E-state index in [0.29, 0.717) is 0 Å². The zero-order valence-electron chi connectivity index (χ0n) is 8.50. The van der Waals surface area contributed by atoms with Crippen molar-refractivity contribution < 1.29 is 32.5 Å². The maximum absolute atomic E-state index is 11.7. The molecule has 0 aliphatic carbocycles. The summed E-state index contributed by atoms with van der Waals surface area (Å²) in [4.78, 5) is 28.7. The predicted molar refractivity (Wildman–Crippen MR) is 44.5 cm³/mol. The second kappa shape index (κ2) is 4.76. The molecular formula is C7H11F3N2O4. The molecule has 0 bridgehead atoms. The SMILES string of the molecule is CC(N)C(=O)C(C)(N)OOC(=O)C(F)(F)F. The third kappa shape index (κ3) is 4.13. The molecule has 0 rings (SSSR count). The highest BCUT2D eigenvalue weighted by molar-refractivity contribution is 5.90. The van der Waals surface area contributed by atoms with E-state index in [0.717, 1.165) is 6.92 Å². The van der Waals surface area contributed by atoms with Crippen LogP contribution in [0.3, 0.4) is 0 Å². The van der Waals surface area contributed by atoms with Gasteiger partial charge in [0.2, 0.25) is 5.72 Å². The van der Waals surface area contributed by atoms with Crippen LogP contribution in [0.1, 0.15) is 13.8 Å². The van der Waals surface area contributed by atoms with Gasteiger partial charge in [0.05, 0.1) is 6.04 Å². The van der Waals surface area contributed by atoms with E-state index in [1.165, 1.54) is 6.92 Å². The van der Waals surface area contributed by atoms with Gasteiger partial charge in [-0.05, 0) is 13.8 Å². The fourth-order valence-electron chi connectivity index (χ4n) is 0.665. The first-order valence-corrected chi connectivity index (χ1v) is 4.04. The van der Waals surface area contributed by atoms with Crippen molar-refractivity contribution in [2.75, 3.05) is 0 Å². The van der Waals surface area contributed by atoms with E-state index in [4.69, 9.17) is 11.5 Å². The first-order valence-electron chi connectivity index (χ1n) is 4.04. The number of carbonyl (C=O) groups excluding carboxylic acids is 2. The van der Waals surface area contributed by atoms with Crippen LogP contribution in [-0.2, 0) is 19.4 Å². The van der Waals surface area contributed by atoms with Crippen molar-refractivity contribution in [1.82, 2.24) is 0 Å². The van der Waals surface area contributed by atoms with Crippen LogP contribution >= 0.6 is 0 Å². The van der Waals surface area contributed by atoms with Gasteiger partial charge in [0, 0.05) is 0 Å². The van der Waals surface area contributed by atoms with Crippen LogP contribution in [-0.4, -0.2) is 29.7 Å². The van der Waals surface area contributed by atoms with E-state index in [-0.39, 0.29) is 0 Å². The largest absolute Gasteiger partial charge is 0.494 e. The first kappa shape index (κ1) is 14.8. The maximum Gasteiger partial charge on any atom is 0.494 e. The monoisotopic (exact) mass is 244 g/mol. The fraction of sp³-hybridized carbons (Fsp3) is 0.714. The molecule has 0 aliphatic rings. The van der Waals surface area contributed by atoms with Crippen molar-refractivity contribution in [1.29, 1.82) is 0 Å². The van der Waals surface area contributed by atoms with Crippen LogP contribution in [0, 0.1) is 0 Å². The summed E-state index contributed by atoms with van der Waals surface area (Å²) in [5.41, 5.74) is 8.07. The Morgan fingerprint density at radius 1 is 1.31 bits per heavy atom. The second-order valence-corrected chi connectivity index (χ2v) is 3.21. The van der Waals surface area contributed by atoms with Crippen molar-refractivity contribution in [2.24, 2.45) is 11.5 Å². The first-order chi connectivity index (χ1) is 6.98. The molecule has 0 saturated heterocycles. The predicted octanol–water partition coefficient (Wildman–Crippen LogP) is -0.385. The Labute approximate surface area is 88.6 Å². The molecule has 0 aromatic rings. The number of ketones is 1. The molecule has 0 aromatic carbocycles. The Morgan fingerprint density at radius 2 is 1.75 bits per heavy atom. The number of hydrogen-bond acceptors (Lipinski definition) is 6. The number of carbonyl (C=O) groups is 2. The van der Waals surface area contributed by atoms with E-state index in [2.05, 4.69) is 9.78 Å². The molecule has 4 N–H and O–H groups in total. The molecule has 16 heavy (non-hydrogen) atoms.